The maximum absolute atomic E-state index is 12.7. The number of aromatic nitrogens is 5. The molecule has 212 valence electrons. The number of hydrogen-bond acceptors (Lipinski definition) is 10. The van der Waals surface area contributed by atoms with Crippen molar-refractivity contribution in [1.29, 1.82) is 0 Å². The highest BCUT2D eigenvalue weighted by atomic mass is 19.4. The van der Waals surface area contributed by atoms with Crippen LogP contribution in [0.2, 0.25) is 0 Å². The first-order chi connectivity index (χ1) is 18.7. The molecule has 0 bridgehead atoms. The minimum atomic E-state index is -4.39. The van der Waals surface area contributed by atoms with Gasteiger partial charge in [0.1, 0.15) is 29.2 Å². The highest BCUT2D eigenvalue weighted by molar-refractivity contribution is 5.90. The van der Waals surface area contributed by atoms with Crippen LogP contribution in [0.1, 0.15) is 18.2 Å². The molecule has 2 aliphatic rings. The van der Waals surface area contributed by atoms with Crippen LogP contribution < -0.4 is 15.5 Å². The van der Waals surface area contributed by atoms with Gasteiger partial charge in [0.05, 0.1) is 26.4 Å². The van der Waals surface area contributed by atoms with E-state index >= 15 is 0 Å². The molecule has 0 saturated carbocycles. The van der Waals surface area contributed by atoms with Gasteiger partial charge in [0, 0.05) is 51.5 Å². The van der Waals surface area contributed by atoms with E-state index in [1.165, 1.54) is 0 Å². The van der Waals surface area contributed by atoms with Crippen LogP contribution in [-0.2, 0) is 22.6 Å². The number of fused-ring (bicyclic) bond motifs is 1. The molecule has 5 rings (SSSR count). The topological polar surface area (TPSA) is 105 Å². The van der Waals surface area contributed by atoms with E-state index in [1.807, 2.05) is 19.1 Å². The molecule has 14 heteroatoms. The molecular weight excluding hydrogens is 515 g/mol. The molecule has 2 aliphatic heterocycles. The smallest absolute Gasteiger partial charge is 0.379 e. The van der Waals surface area contributed by atoms with Gasteiger partial charge in [-0.1, -0.05) is 0 Å². The molecule has 2 saturated heterocycles. The summed E-state index contributed by atoms with van der Waals surface area (Å²) in [6, 6.07) is 4.08. The summed E-state index contributed by atoms with van der Waals surface area (Å²) in [4.78, 5) is 18.7. The predicted octanol–water partition coefficient (Wildman–Crippen LogP) is 2.48. The third kappa shape index (κ3) is 7.12. The number of alkyl halides is 3. The van der Waals surface area contributed by atoms with Crippen molar-refractivity contribution in [3.63, 3.8) is 0 Å². The minimum Gasteiger partial charge on any atom is -0.379 e. The lowest BCUT2D eigenvalue weighted by atomic mass is 10.2. The maximum Gasteiger partial charge on any atom is 0.411 e. The lowest BCUT2D eigenvalue weighted by molar-refractivity contribution is -0.174. The van der Waals surface area contributed by atoms with Crippen molar-refractivity contribution < 1.29 is 22.6 Å². The Morgan fingerprint density at radius 1 is 1.21 bits per heavy atom. The van der Waals surface area contributed by atoms with Crippen molar-refractivity contribution in [3.8, 4) is 0 Å². The quantitative estimate of drug-likeness (QED) is 0.387. The Kier molecular flexibility index (Phi) is 8.45. The zero-order chi connectivity index (χ0) is 27.4. The van der Waals surface area contributed by atoms with E-state index in [4.69, 9.17) is 24.5 Å². The van der Waals surface area contributed by atoms with Gasteiger partial charge in [-0.3, -0.25) is 9.58 Å². The van der Waals surface area contributed by atoms with Crippen LogP contribution in [-0.4, -0.2) is 101 Å². The Morgan fingerprint density at radius 2 is 2.03 bits per heavy atom. The molecule has 2 N–H and O–H groups in total. The third-order valence-electron chi connectivity index (χ3n) is 6.65. The fourth-order valence-electron chi connectivity index (χ4n) is 4.78. The van der Waals surface area contributed by atoms with Gasteiger partial charge in [-0.25, -0.2) is 9.97 Å². The van der Waals surface area contributed by atoms with E-state index in [2.05, 4.69) is 32.3 Å². The van der Waals surface area contributed by atoms with Crippen molar-refractivity contribution in [2.75, 3.05) is 69.4 Å². The largest absolute Gasteiger partial charge is 0.411 e. The van der Waals surface area contributed by atoms with Crippen molar-refractivity contribution in [3.05, 3.63) is 29.6 Å². The zero-order valence-electron chi connectivity index (χ0n) is 22.2. The SMILES string of the molecule is Cc1ccnc(Nc2nc(N3CCNC(C)C3)nc3c(CN4CCOCC4)nn(CCOCC(F)(F)F)c23)c1. The molecule has 1 unspecified atom stereocenters. The van der Waals surface area contributed by atoms with Gasteiger partial charge in [-0.2, -0.15) is 23.3 Å². The molecule has 0 aromatic carbocycles. The number of pyridine rings is 1. The Morgan fingerprint density at radius 3 is 2.77 bits per heavy atom. The van der Waals surface area contributed by atoms with Crippen molar-refractivity contribution >= 4 is 28.6 Å². The van der Waals surface area contributed by atoms with Gasteiger partial charge >= 0.3 is 6.18 Å². The standard InChI is InChI=1S/C25H34F3N9O2/c1-17-3-4-30-20(13-17)31-23-22-21(32-24(33-23)36-6-5-29-18(2)14-36)19(15-35-7-10-38-11-8-35)34-37(22)9-12-39-16-25(26,27)28/h3-4,13,18,29H,5-12,14-16H2,1-2H3,(H,30,31,32,33). The van der Waals surface area contributed by atoms with Crippen LogP contribution in [0.15, 0.2) is 18.3 Å². The number of aryl methyl sites for hydroxylation is 1. The number of anilines is 3. The van der Waals surface area contributed by atoms with Crippen molar-refractivity contribution in [2.45, 2.75) is 39.2 Å². The molecule has 2 fully saturated rings. The van der Waals surface area contributed by atoms with Crippen LogP contribution in [0.25, 0.3) is 11.0 Å². The average Bonchev–Trinajstić information content (AvgIpc) is 3.24. The number of halogens is 3. The van der Waals surface area contributed by atoms with E-state index in [9.17, 15) is 13.2 Å². The van der Waals surface area contributed by atoms with Crippen LogP contribution in [0.3, 0.4) is 0 Å². The van der Waals surface area contributed by atoms with Gasteiger partial charge in [0.2, 0.25) is 5.95 Å². The maximum atomic E-state index is 12.7. The summed E-state index contributed by atoms with van der Waals surface area (Å²) in [6.07, 6.45) is -2.68. The number of rotatable bonds is 9. The molecule has 3 aromatic rings. The van der Waals surface area contributed by atoms with Crippen molar-refractivity contribution in [2.24, 2.45) is 0 Å². The summed E-state index contributed by atoms with van der Waals surface area (Å²) in [6.45, 7) is 8.34. The molecular formula is C25H34F3N9O2. The highest BCUT2D eigenvalue weighted by Gasteiger charge is 2.28. The van der Waals surface area contributed by atoms with Gasteiger partial charge in [0.25, 0.3) is 0 Å². The second-order valence-electron chi connectivity index (χ2n) is 9.94. The van der Waals surface area contributed by atoms with Gasteiger partial charge in [-0.05, 0) is 31.5 Å². The minimum absolute atomic E-state index is 0.110. The van der Waals surface area contributed by atoms with Gasteiger partial charge in [0.15, 0.2) is 5.82 Å². The first-order valence-corrected chi connectivity index (χ1v) is 13.2. The van der Waals surface area contributed by atoms with Gasteiger partial charge in [-0.15, -0.1) is 0 Å². The van der Waals surface area contributed by atoms with E-state index in [-0.39, 0.29) is 19.2 Å². The van der Waals surface area contributed by atoms with Crippen molar-refractivity contribution in [1.82, 2.24) is 34.9 Å². The summed E-state index contributed by atoms with van der Waals surface area (Å²) in [7, 11) is 0. The van der Waals surface area contributed by atoms with Crippen LogP contribution in [0.4, 0.5) is 30.8 Å². The number of ether oxygens (including phenoxy) is 2. The summed E-state index contributed by atoms with van der Waals surface area (Å²) in [5, 5.41) is 11.6. The second-order valence-corrected chi connectivity index (χ2v) is 9.94. The highest BCUT2D eigenvalue weighted by Crippen LogP contribution is 2.30. The molecule has 1 atom stereocenters. The van der Waals surface area contributed by atoms with Gasteiger partial charge < -0.3 is 25.0 Å². The normalized spacial score (nSPS) is 19.1. The molecule has 0 aliphatic carbocycles. The molecule has 0 radical (unpaired) electrons. The Labute approximate surface area is 224 Å². The molecule has 3 aromatic heterocycles. The van der Waals surface area contributed by atoms with E-state index in [0.29, 0.717) is 48.4 Å². The number of piperazine rings is 1. The number of nitrogens with one attached hydrogen (secondary N) is 2. The second kappa shape index (κ2) is 12.0. The molecule has 0 spiro atoms. The summed E-state index contributed by atoms with van der Waals surface area (Å²) < 4.78 is 50.1. The third-order valence-corrected chi connectivity index (χ3v) is 6.65. The predicted molar refractivity (Wildman–Crippen MR) is 140 cm³/mol. The number of nitrogens with zero attached hydrogens (tertiary/aromatic N) is 7. The van der Waals surface area contributed by atoms with Crippen LogP contribution in [0, 0.1) is 6.92 Å². The molecule has 11 nitrogen and oxygen atoms in total. The van der Waals surface area contributed by atoms with E-state index in [0.717, 1.165) is 44.0 Å². The van der Waals surface area contributed by atoms with E-state index < -0.39 is 12.8 Å². The fraction of sp³-hybridized carbons (Fsp3) is 0.600. The summed E-state index contributed by atoms with van der Waals surface area (Å²) in [5.41, 5.74) is 3.01. The molecule has 0 amide bonds. The first kappa shape index (κ1) is 27.5. The molecule has 39 heavy (non-hydrogen) atoms. The van der Waals surface area contributed by atoms with Crippen LogP contribution >= 0.6 is 0 Å². The number of morpholine rings is 1. The first-order valence-electron chi connectivity index (χ1n) is 13.2. The Balaban J connectivity index is 1.56. The lowest BCUT2D eigenvalue weighted by Gasteiger charge is -2.32. The molecule has 5 heterocycles. The summed E-state index contributed by atoms with van der Waals surface area (Å²) >= 11 is 0. The lowest BCUT2D eigenvalue weighted by Crippen LogP contribution is -2.49. The Bertz CT molecular complexity index is 1260. The Hall–Kier alpha value is -3.07. The number of hydrogen-bond donors (Lipinski definition) is 2. The monoisotopic (exact) mass is 549 g/mol. The summed E-state index contributed by atoms with van der Waals surface area (Å²) in [5.74, 6) is 1.67. The fourth-order valence-corrected chi connectivity index (χ4v) is 4.78. The zero-order valence-corrected chi connectivity index (χ0v) is 22.2. The average molecular weight is 550 g/mol. The van der Waals surface area contributed by atoms with E-state index in [1.54, 1.807) is 10.9 Å². The van der Waals surface area contributed by atoms with Crippen LogP contribution in [0.5, 0.6) is 0 Å².